The number of Topliss-reactive ketones (excluding diaryl/α,β-unsaturated/α-hetero) is 1. The van der Waals surface area contributed by atoms with E-state index in [4.69, 9.17) is 9.47 Å². The quantitative estimate of drug-likeness (QED) is 0.777. The molecule has 0 radical (unpaired) electrons. The second-order valence-corrected chi connectivity index (χ2v) is 4.12. The van der Waals surface area contributed by atoms with E-state index in [1.165, 1.54) is 12.1 Å². The van der Waals surface area contributed by atoms with E-state index in [1.807, 2.05) is 0 Å². The van der Waals surface area contributed by atoms with Crippen LogP contribution >= 0.6 is 0 Å². The van der Waals surface area contributed by atoms with E-state index in [9.17, 15) is 13.6 Å². The van der Waals surface area contributed by atoms with Crippen molar-refractivity contribution < 1.29 is 23.0 Å². The zero-order chi connectivity index (χ0) is 13.0. The molecule has 1 saturated heterocycles. The monoisotopic (exact) mass is 256 g/mol. The molecule has 0 amide bonds. The number of alkyl halides is 2. The number of ether oxygens (including phenoxy) is 2. The fraction of sp³-hybridized carbons (Fsp3) is 0.462. The molecule has 3 nitrogen and oxygen atoms in total. The van der Waals surface area contributed by atoms with Crippen LogP contribution in [0.25, 0.3) is 0 Å². The van der Waals surface area contributed by atoms with Crippen LogP contribution in [0.2, 0.25) is 0 Å². The number of halogens is 2. The van der Waals surface area contributed by atoms with Crippen LogP contribution in [0.4, 0.5) is 8.78 Å². The Kier molecular flexibility index (Phi) is 4.25. The van der Waals surface area contributed by atoms with Crippen molar-refractivity contribution in [3.05, 3.63) is 29.8 Å². The molecule has 0 aromatic heterocycles. The summed E-state index contributed by atoms with van der Waals surface area (Å²) in [4.78, 5) is 11.0. The van der Waals surface area contributed by atoms with E-state index >= 15 is 0 Å². The van der Waals surface area contributed by atoms with Gasteiger partial charge in [-0.2, -0.15) is 0 Å². The molecule has 1 aliphatic rings. The molecule has 1 aromatic rings. The Morgan fingerprint density at radius 1 is 1.22 bits per heavy atom. The van der Waals surface area contributed by atoms with Crippen molar-refractivity contribution in [2.24, 2.45) is 0 Å². The van der Waals surface area contributed by atoms with Crippen molar-refractivity contribution in [2.75, 3.05) is 13.2 Å². The van der Waals surface area contributed by atoms with Gasteiger partial charge in [0.05, 0.1) is 13.2 Å². The van der Waals surface area contributed by atoms with Gasteiger partial charge in [-0.05, 0) is 24.3 Å². The minimum Gasteiger partial charge on any atom is -0.490 e. The topological polar surface area (TPSA) is 35.5 Å². The Bertz CT molecular complexity index is 397. The minimum atomic E-state index is -2.97. The summed E-state index contributed by atoms with van der Waals surface area (Å²) < 4.78 is 35.3. The SMILES string of the molecule is O=C(c1ccc(OC2CCOCC2)cc1)C(F)F. The third-order valence-corrected chi connectivity index (χ3v) is 2.81. The third-order valence-electron chi connectivity index (χ3n) is 2.81. The van der Waals surface area contributed by atoms with Crippen molar-refractivity contribution in [2.45, 2.75) is 25.4 Å². The summed E-state index contributed by atoms with van der Waals surface area (Å²) >= 11 is 0. The van der Waals surface area contributed by atoms with Crippen molar-refractivity contribution >= 4 is 5.78 Å². The van der Waals surface area contributed by atoms with Crippen LogP contribution < -0.4 is 4.74 Å². The van der Waals surface area contributed by atoms with Crippen LogP contribution in [-0.4, -0.2) is 31.5 Å². The molecule has 1 aromatic carbocycles. The lowest BCUT2D eigenvalue weighted by molar-refractivity contribution is 0.0255. The molecule has 1 fully saturated rings. The van der Waals surface area contributed by atoms with Gasteiger partial charge in [0.2, 0.25) is 5.78 Å². The van der Waals surface area contributed by atoms with Gasteiger partial charge in [0.25, 0.3) is 0 Å². The second-order valence-electron chi connectivity index (χ2n) is 4.12. The Hall–Kier alpha value is -1.49. The molecule has 1 heterocycles. The van der Waals surface area contributed by atoms with E-state index in [1.54, 1.807) is 12.1 Å². The summed E-state index contributed by atoms with van der Waals surface area (Å²) in [5, 5.41) is 0. The number of carbonyl (C=O) groups excluding carboxylic acids is 1. The maximum absolute atomic E-state index is 12.2. The summed E-state index contributed by atoms with van der Waals surface area (Å²) in [7, 11) is 0. The van der Waals surface area contributed by atoms with Crippen LogP contribution in [0, 0.1) is 0 Å². The molecule has 0 aliphatic carbocycles. The lowest BCUT2D eigenvalue weighted by Gasteiger charge is -2.23. The van der Waals surface area contributed by atoms with Gasteiger partial charge >= 0.3 is 6.43 Å². The van der Waals surface area contributed by atoms with Gasteiger partial charge in [-0.25, -0.2) is 8.78 Å². The molecule has 0 saturated carbocycles. The lowest BCUT2D eigenvalue weighted by atomic mass is 10.1. The Labute approximate surface area is 104 Å². The van der Waals surface area contributed by atoms with Crippen molar-refractivity contribution in [1.29, 1.82) is 0 Å². The van der Waals surface area contributed by atoms with Gasteiger partial charge in [-0.15, -0.1) is 0 Å². The number of carbonyl (C=O) groups is 1. The average Bonchev–Trinajstić information content (AvgIpc) is 2.40. The molecule has 0 unspecified atom stereocenters. The summed E-state index contributed by atoms with van der Waals surface area (Å²) in [5.74, 6) is -0.569. The first-order valence-electron chi connectivity index (χ1n) is 5.83. The standard InChI is InChI=1S/C13H14F2O3/c14-13(15)12(16)9-1-3-10(4-2-9)18-11-5-7-17-8-6-11/h1-4,11,13H,5-8H2. The number of rotatable bonds is 4. The number of hydrogen-bond acceptors (Lipinski definition) is 3. The van der Waals surface area contributed by atoms with Gasteiger partial charge in [-0.1, -0.05) is 0 Å². The first-order chi connectivity index (χ1) is 8.66. The third kappa shape index (κ3) is 3.26. The van der Waals surface area contributed by atoms with E-state index in [0.29, 0.717) is 19.0 Å². The number of ketones is 1. The fourth-order valence-electron chi connectivity index (χ4n) is 1.81. The molecule has 0 atom stereocenters. The van der Waals surface area contributed by atoms with Gasteiger partial charge in [-0.3, -0.25) is 4.79 Å². The molecule has 5 heteroatoms. The molecule has 1 aliphatic heterocycles. The summed E-state index contributed by atoms with van der Waals surface area (Å²) in [6, 6.07) is 5.82. The van der Waals surface area contributed by atoms with Crippen LogP contribution in [0.3, 0.4) is 0 Å². The maximum atomic E-state index is 12.2. The molecule has 0 spiro atoms. The molecule has 0 bridgehead atoms. The summed E-state index contributed by atoms with van der Waals surface area (Å²) in [6.07, 6.45) is -1.24. The van der Waals surface area contributed by atoms with Gasteiger partial charge in [0.15, 0.2) is 0 Å². The van der Waals surface area contributed by atoms with Crippen LogP contribution in [-0.2, 0) is 4.74 Å². The van der Waals surface area contributed by atoms with Gasteiger partial charge in [0, 0.05) is 18.4 Å². The molecule has 98 valence electrons. The smallest absolute Gasteiger partial charge is 0.300 e. The van der Waals surface area contributed by atoms with Crippen LogP contribution in [0.15, 0.2) is 24.3 Å². The first kappa shape index (κ1) is 13.0. The predicted molar refractivity (Wildman–Crippen MR) is 61.2 cm³/mol. The molecular weight excluding hydrogens is 242 g/mol. The average molecular weight is 256 g/mol. The molecule has 18 heavy (non-hydrogen) atoms. The van der Waals surface area contributed by atoms with Crippen molar-refractivity contribution in [3.8, 4) is 5.75 Å². The minimum absolute atomic E-state index is 0.00401. The number of benzene rings is 1. The van der Waals surface area contributed by atoms with Crippen molar-refractivity contribution in [1.82, 2.24) is 0 Å². The zero-order valence-electron chi connectivity index (χ0n) is 9.77. The Morgan fingerprint density at radius 2 is 1.83 bits per heavy atom. The van der Waals surface area contributed by atoms with E-state index < -0.39 is 12.2 Å². The normalized spacial score (nSPS) is 16.8. The lowest BCUT2D eigenvalue weighted by Crippen LogP contribution is -2.25. The fourth-order valence-corrected chi connectivity index (χ4v) is 1.81. The molecular formula is C13H14F2O3. The Balaban J connectivity index is 1.96. The van der Waals surface area contributed by atoms with E-state index in [-0.39, 0.29) is 11.7 Å². The van der Waals surface area contributed by atoms with Crippen LogP contribution in [0.1, 0.15) is 23.2 Å². The highest BCUT2D eigenvalue weighted by atomic mass is 19.3. The second kappa shape index (κ2) is 5.91. The highest BCUT2D eigenvalue weighted by Gasteiger charge is 2.18. The Morgan fingerprint density at radius 3 is 2.39 bits per heavy atom. The predicted octanol–water partition coefficient (Wildman–Crippen LogP) is 2.69. The summed E-state index contributed by atoms with van der Waals surface area (Å²) in [6.45, 7) is 1.35. The zero-order valence-corrected chi connectivity index (χ0v) is 9.77. The van der Waals surface area contributed by atoms with Gasteiger partial charge in [0.1, 0.15) is 11.9 Å². The maximum Gasteiger partial charge on any atom is 0.300 e. The molecule has 0 N–H and O–H groups in total. The van der Waals surface area contributed by atoms with Crippen LogP contribution in [0.5, 0.6) is 5.75 Å². The van der Waals surface area contributed by atoms with E-state index in [0.717, 1.165) is 12.8 Å². The highest BCUT2D eigenvalue weighted by molar-refractivity contribution is 5.98. The van der Waals surface area contributed by atoms with Crippen molar-refractivity contribution in [3.63, 3.8) is 0 Å². The van der Waals surface area contributed by atoms with E-state index in [2.05, 4.69) is 0 Å². The largest absolute Gasteiger partial charge is 0.490 e. The summed E-state index contributed by atoms with van der Waals surface area (Å²) in [5.41, 5.74) is 0.00401. The van der Waals surface area contributed by atoms with Gasteiger partial charge < -0.3 is 9.47 Å². The molecule has 2 rings (SSSR count). The number of hydrogen-bond donors (Lipinski definition) is 0. The highest BCUT2D eigenvalue weighted by Crippen LogP contribution is 2.19. The first-order valence-corrected chi connectivity index (χ1v) is 5.83.